The Labute approximate surface area is 184 Å². The van der Waals surface area contributed by atoms with Gasteiger partial charge in [0.2, 0.25) is 0 Å². The summed E-state index contributed by atoms with van der Waals surface area (Å²) >= 11 is 0. The highest BCUT2D eigenvalue weighted by Crippen LogP contribution is 2.27. The fourth-order valence-corrected chi connectivity index (χ4v) is 3.58. The van der Waals surface area contributed by atoms with Gasteiger partial charge in [0.15, 0.2) is 0 Å². The van der Waals surface area contributed by atoms with E-state index in [9.17, 15) is 18.8 Å². The van der Waals surface area contributed by atoms with Gasteiger partial charge in [-0.15, -0.1) is 0 Å². The van der Waals surface area contributed by atoms with Gasteiger partial charge in [0, 0.05) is 0 Å². The number of rotatable bonds is 5. The predicted molar refractivity (Wildman–Crippen MR) is 122 cm³/mol. The lowest BCUT2D eigenvalue weighted by Crippen LogP contribution is -2.14. The van der Waals surface area contributed by atoms with Crippen molar-refractivity contribution in [2.75, 3.05) is 5.32 Å². The van der Waals surface area contributed by atoms with Gasteiger partial charge < -0.3 is 5.32 Å². The fraction of sp³-hybridized carbons (Fsp3) is 0.0370. The van der Waals surface area contributed by atoms with Crippen LogP contribution in [-0.4, -0.2) is 5.91 Å². The molecule has 0 atom stereocenters. The van der Waals surface area contributed by atoms with E-state index in [1.807, 2.05) is 48.5 Å². The Morgan fingerprint density at radius 1 is 0.938 bits per heavy atom. The number of nitrogens with zero attached hydrogens (tertiary/aromatic N) is 1. The van der Waals surface area contributed by atoms with Gasteiger partial charge in [-0.25, -0.2) is 8.78 Å². The van der Waals surface area contributed by atoms with Crippen molar-refractivity contribution < 1.29 is 13.6 Å². The number of para-hydroxylation sites is 1. The van der Waals surface area contributed by atoms with E-state index in [4.69, 9.17) is 0 Å². The van der Waals surface area contributed by atoms with E-state index in [1.165, 1.54) is 36.4 Å². The normalized spacial score (nSPS) is 11.2. The van der Waals surface area contributed by atoms with Gasteiger partial charge in [-0.05, 0) is 64.2 Å². The van der Waals surface area contributed by atoms with Crippen molar-refractivity contribution in [2.45, 2.75) is 6.42 Å². The lowest BCUT2D eigenvalue weighted by molar-refractivity contribution is -0.112. The second-order valence-electron chi connectivity index (χ2n) is 7.27. The zero-order valence-corrected chi connectivity index (χ0v) is 17.0. The number of nitrogens with one attached hydrogen (secondary N) is 1. The van der Waals surface area contributed by atoms with Crippen LogP contribution in [0.5, 0.6) is 0 Å². The molecule has 4 rings (SSSR count). The molecule has 1 amide bonds. The zero-order valence-electron chi connectivity index (χ0n) is 17.0. The summed E-state index contributed by atoms with van der Waals surface area (Å²) in [5, 5.41) is 13.9. The first-order chi connectivity index (χ1) is 15.5. The Balaban J connectivity index is 1.78. The molecular formula is C27H18F2N2O. The lowest BCUT2D eigenvalue weighted by atomic mass is 9.93. The van der Waals surface area contributed by atoms with Gasteiger partial charge in [-0.3, -0.25) is 4.79 Å². The lowest BCUT2D eigenvalue weighted by Gasteiger charge is -2.12. The predicted octanol–water partition coefficient (Wildman–Crippen LogP) is 6.25. The number of carbonyl (C=O) groups is 1. The quantitative estimate of drug-likeness (QED) is 0.304. The molecule has 0 spiro atoms. The highest BCUT2D eigenvalue weighted by Gasteiger charge is 2.15. The molecule has 32 heavy (non-hydrogen) atoms. The van der Waals surface area contributed by atoms with Crippen molar-refractivity contribution in [1.29, 1.82) is 5.26 Å². The molecule has 0 aliphatic heterocycles. The maximum atomic E-state index is 13.9. The van der Waals surface area contributed by atoms with Crippen molar-refractivity contribution in [1.82, 2.24) is 0 Å². The molecular weight excluding hydrogens is 406 g/mol. The van der Waals surface area contributed by atoms with Crippen molar-refractivity contribution >= 4 is 28.4 Å². The molecule has 3 nitrogen and oxygen atoms in total. The molecule has 4 aromatic rings. The highest BCUT2D eigenvalue weighted by atomic mass is 19.1. The van der Waals surface area contributed by atoms with Gasteiger partial charge in [-0.1, -0.05) is 60.7 Å². The second-order valence-corrected chi connectivity index (χ2v) is 7.27. The summed E-state index contributed by atoms with van der Waals surface area (Å²) in [6.45, 7) is 0. The number of halogens is 2. The van der Waals surface area contributed by atoms with Gasteiger partial charge in [0.25, 0.3) is 5.91 Å². The average molecular weight is 424 g/mol. The first-order valence-electron chi connectivity index (χ1n) is 9.98. The minimum absolute atomic E-state index is 0.00319. The van der Waals surface area contributed by atoms with Crippen LogP contribution in [0, 0.1) is 23.0 Å². The standard InChI is InChI=1S/C27H18F2N2O/c28-22-8-5-6-18(15-22)14-20-13-12-19-7-1-2-9-23(19)24(20)16-21(17-30)27(32)31-26-11-4-3-10-25(26)29/h1-13,15-16H,14H2,(H,31,32)/b21-16+. The van der Waals surface area contributed by atoms with E-state index >= 15 is 0 Å². The molecule has 0 radical (unpaired) electrons. The summed E-state index contributed by atoms with van der Waals surface area (Å²) in [5.41, 5.74) is 2.12. The third-order valence-electron chi connectivity index (χ3n) is 5.12. The van der Waals surface area contributed by atoms with E-state index in [0.717, 1.165) is 21.9 Å². The molecule has 5 heteroatoms. The van der Waals surface area contributed by atoms with Gasteiger partial charge in [0.1, 0.15) is 23.3 Å². The number of amides is 1. The zero-order chi connectivity index (χ0) is 22.5. The number of benzene rings is 4. The third-order valence-corrected chi connectivity index (χ3v) is 5.12. The fourth-order valence-electron chi connectivity index (χ4n) is 3.58. The molecule has 0 aliphatic rings. The van der Waals surface area contributed by atoms with Crippen molar-refractivity contribution in [3.63, 3.8) is 0 Å². The Morgan fingerprint density at radius 2 is 1.72 bits per heavy atom. The minimum Gasteiger partial charge on any atom is -0.319 e. The molecule has 0 bridgehead atoms. The van der Waals surface area contributed by atoms with Gasteiger partial charge >= 0.3 is 0 Å². The van der Waals surface area contributed by atoms with Crippen LogP contribution < -0.4 is 5.32 Å². The topological polar surface area (TPSA) is 52.9 Å². The first-order valence-corrected chi connectivity index (χ1v) is 9.98. The molecule has 0 aromatic heterocycles. The molecule has 0 saturated carbocycles. The molecule has 0 saturated heterocycles. The Morgan fingerprint density at radius 3 is 2.50 bits per heavy atom. The number of anilines is 1. The molecule has 0 unspecified atom stereocenters. The summed E-state index contributed by atoms with van der Waals surface area (Å²) in [4.78, 5) is 12.7. The summed E-state index contributed by atoms with van der Waals surface area (Å²) in [6.07, 6.45) is 1.93. The van der Waals surface area contributed by atoms with Crippen LogP contribution in [0.25, 0.3) is 16.8 Å². The van der Waals surface area contributed by atoms with E-state index < -0.39 is 11.7 Å². The number of hydrogen-bond donors (Lipinski definition) is 1. The van der Waals surface area contributed by atoms with E-state index in [0.29, 0.717) is 12.0 Å². The van der Waals surface area contributed by atoms with Crippen molar-refractivity contribution in [3.8, 4) is 6.07 Å². The Hall–Kier alpha value is -4.30. The van der Waals surface area contributed by atoms with Gasteiger partial charge in [0.05, 0.1) is 5.69 Å². The van der Waals surface area contributed by atoms with Crippen LogP contribution in [0.1, 0.15) is 16.7 Å². The monoisotopic (exact) mass is 424 g/mol. The van der Waals surface area contributed by atoms with Crippen LogP contribution in [0.4, 0.5) is 14.5 Å². The molecule has 0 fully saturated rings. The molecule has 4 aromatic carbocycles. The van der Waals surface area contributed by atoms with Crippen LogP contribution in [-0.2, 0) is 11.2 Å². The molecule has 156 valence electrons. The van der Waals surface area contributed by atoms with Gasteiger partial charge in [-0.2, -0.15) is 5.26 Å². The van der Waals surface area contributed by atoms with Crippen LogP contribution in [0.2, 0.25) is 0 Å². The van der Waals surface area contributed by atoms with Crippen molar-refractivity contribution in [3.05, 3.63) is 119 Å². The summed E-state index contributed by atoms with van der Waals surface area (Å²) in [7, 11) is 0. The third kappa shape index (κ3) is 4.55. The maximum absolute atomic E-state index is 13.9. The first kappa shape index (κ1) is 21.0. The summed E-state index contributed by atoms with van der Waals surface area (Å²) in [6, 6.07) is 25.5. The number of nitriles is 1. The van der Waals surface area contributed by atoms with Crippen LogP contribution >= 0.6 is 0 Å². The van der Waals surface area contributed by atoms with E-state index in [2.05, 4.69) is 5.32 Å². The second kappa shape index (κ2) is 9.23. The Kier molecular flexibility index (Phi) is 6.05. The highest BCUT2D eigenvalue weighted by molar-refractivity contribution is 6.11. The Bertz CT molecular complexity index is 1390. The van der Waals surface area contributed by atoms with Crippen LogP contribution in [0.3, 0.4) is 0 Å². The maximum Gasteiger partial charge on any atom is 0.266 e. The summed E-state index contributed by atoms with van der Waals surface area (Å²) in [5.74, 6) is -1.63. The average Bonchev–Trinajstić information content (AvgIpc) is 2.80. The van der Waals surface area contributed by atoms with E-state index in [-0.39, 0.29) is 17.1 Å². The SMILES string of the molecule is N#C/C(=C\c1c(Cc2cccc(F)c2)ccc2ccccc12)C(=O)Nc1ccccc1F. The van der Waals surface area contributed by atoms with E-state index in [1.54, 1.807) is 12.1 Å². The summed E-state index contributed by atoms with van der Waals surface area (Å²) < 4.78 is 27.6. The molecule has 0 aliphatic carbocycles. The molecule has 0 heterocycles. The smallest absolute Gasteiger partial charge is 0.266 e. The minimum atomic E-state index is -0.706. The number of hydrogen-bond acceptors (Lipinski definition) is 2. The van der Waals surface area contributed by atoms with Crippen molar-refractivity contribution in [2.24, 2.45) is 0 Å². The number of carbonyl (C=O) groups excluding carboxylic acids is 1. The molecule has 1 N–H and O–H groups in total. The largest absolute Gasteiger partial charge is 0.319 e. The van der Waals surface area contributed by atoms with Crippen LogP contribution in [0.15, 0.2) is 90.5 Å². The number of fused-ring (bicyclic) bond motifs is 1.